The van der Waals surface area contributed by atoms with Crippen molar-refractivity contribution in [2.75, 3.05) is 24.2 Å². The van der Waals surface area contributed by atoms with Crippen LogP contribution in [0.4, 0.5) is 11.5 Å². The molecule has 0 aliphatic carbocycles. The molecular weight excluding hydrogens is 272 g/mol. The summed E-state index contributed by atoms with van der Waals surface area (Å²) in [6, 6.07) is 9.38. The Morgan fingerprint density at radius 2 is 2.20 bits per heavy atom. The molecule has 0 bridgehead atoms. The highest BCUT2D eigenvalue weighted by atomic mass is 32.1. The summed E-state index contributed by atoms with van der Waals surface area (Å²) in [5, 5.41) is 5.27. The van der Waals surface area contributed by atoms with E-state index in [-0.39, 0.29) is 0 Å². The summed E-state index contributed by atoms with van der Waals surface area (Å²) in [6.45, 7) is 1.21. The van der Waals surface area contributed by atoms with Gasteiger partial charge in [-0.1, -0.05) is 6.07 Å². The summed E-state index contributed by atoms with van der Waals surface area (Å²) in [4.78, 5) is 8.45. The molecule has 1 aromatic carbocycles. The van der Waals surface area contributed by atoms with Gasteiger partial charge in [0.15, 0.2) is 0 Å². The van der Waals surface area contributed by atoms with Crippen LogP contribution in [0.15, 0.2) is 42.0 Å². The highest BCUT2D eigenvalue weighted by Crippen LogP contribution is 2.24. The van der Waals surface area contributed by atoms with Crippen molar-refractivity contribution in [3.8, 4) is 5.75 Å². The van der Waals surface area contributed by atoms with E-state index in [1.165, 1.54) is 0 Å². The van der Waals surface area contributed by atoms with Crippen LogP contribution in [-0.2, 0) is 0 Å². The number of rotatable bonds is 5. The van der Waals surface area contributed by atoms with Crippen LogP contribution in [0, 0.1) is 0 Å². The number of fused-ring (bicyclic) bond motifs is 1. The number of aromatic nitrogens is 2. The van der Waals surface area contributed by atoms with Crippen molar-refractivity contribution in [2.24, 2.45) is 0 Å². The topological polar surface area (TPSA) is 73.1 Å². The third-order valence-corrected chi connectivity index (χ3v) is 3.67. The van der Waals surface area contributed by atoms with E-state index in [1.54, 1.807) is 17.7 Å². The molecule has 0 fully saturated rings. The van der Waals surface area contributed by atoms with Crippen LogP contribution in [0.5, 0.6) is 5.75 Å². The van der Waals surface area contributed by atoms with Crippen LogP contribution in [-0.4, -0.2) is 23.1 Å². The van der Waals surface area contributed by atoms with Crippen molar-refractivity contribution in [2.45, 2.75) is 0 Å². The molecule has 6 heteroatoms. The van der Waals surface area contributed by atoms with Gasteiger partial charge in [-0.15, -0.1) is 11.3 Å². The normalized spacial score (nSPS) is 10.6. The number of nitrogens with one attached hydrogen (secondary N) is 1. The largest absolute Gasteiger partial charge is 0.492 e. The maximum absolute atomic E-state index is 5.69. The van der Waals surface area contributed by atoms with E-state index in [0.29, 0.717) is 18.8 Å². The van der Waals surface area contributed by atoms with Gasteiger partial charge in [0.1, 0.15) is 24.5 Å². The van der Waals surface area contributed by atoms with Crippen LogP contribution >= 0.6 is 11.3 Å². The lowest BCUT2D eigenvalue weighted by Crippen LogP contribution is -2.12. The molecular formula is C14H14N4OS. The van der Waals surface area contributed by atoms with Crippen molar-refractivity contribution < 1.29 is 4.74 Å². The van der Waals surface area contributed by atoms with Gasteiger partial charge in [-0.3, -0.25) is 0 Å². The predicted molar refractivity (Wildman–Crippen MR) is 82.3 cm³/mol. The zero-order chi connectivity index (χ0) is 13.8. The van der Waals surface area contributed by atoms with Gasteiger partial charge in [0.25, 0.3) is 0 Å². The van der Waals surface area contributed by atoms with Gasteiger partial charge in [-0.2, -0.15) is 0 Å². The second kappa shape index (κ2) is 5.75. The Balaban J connectivity index is 1.56. The molecule has 0 amide bonds. The first-order valence-corrected chi connectivity index (χ1v) is 7.11. The second-order valence-electron chi connectivity index (χ2n) is 4.20. The number of nitrogen functional groups attached to an aromatic ring is 1. The van der Waals surface area contributed by atoms with Gasteiger partial charge in [-0.05, 0) is 23.6 Å². The molecule has 0 spiro atoms. The summed E-state index contributed by atoms with van der Waals surface area (Å²) in [7, 11) is 0. The molecule has 2 aromatic heterocycles. The number of nitrogens with zero attached hydrogens (tertiary/aromatic N) is 2. The number of hydrogen-bond acceptors (Lipinski definition) is 6. The molecule has 0 aliphatic heterocycles. The fraction of sp³-hybridized carbons (Fsp3) is 0.143. The standard InChI is InChI=1S/C14H14N4OS/c15-10-2-1-3-11(8-10)19-6-5-16-14-13-12(4-7-20-13)17-9-18-14/h1-4,7-9H,5-6,15H2,(H,16,17,18). The molecule has 102 valence electrons. The molecule has 0 atom stereocenters. The van der Waals surface area contributed by atoms with Crippen molar-refractivity contribution in [3.05, 3.63) is 42.0 Å². The first-order chi connectivity index (χ1) is 9.83. The van der Waals surface area contributed by atoms with E-state index in [1.807, 2.05) is 35.7 Å². The Morgan fingerprint density at radius 3 is 3.10 bits per heavy atom. The van der Waals surface area contributed by atoms with Crippen molar-refractivity contribution >= 4 is 33.1 Å². The van der Waals surface area contributed by atoms with Crippen molar-refractivity contribution in [3.63, 3.8) is 0 Å². The second-order valence-corrected chi connectivity index (χ2v) is 5.12. The Morgan fingerprint density at radius 1 is 1.25 bits per heavy atom. The maximum atomic E-state index is 5.69. The number of hydrogen-bond donors (Lipinski definition) is 2. The molecule has 0 saturated carbocycles. The lowest BCUT2D eigenvalue weighted by Gasteiger charge is -2.08. The summed E-state index contributed by atoms with van der Waals surface area (Å²) >= 11 is 1.63. The van der Waals surface area contributed by atoms with Crippen molar-refractivity contribution in [1.82, 2.24) is 9.97 Å². The Bertz CT molecular complexity index is 713. The Kier molecular flexibility index (Phi) is 3.64. The van der Waals surface area contributed by atoms with Crippen molar-refractivity contribution in [1.29, 1.82) is 0 Å². The SMILES string of the molecule is Nc1cccc(OCCNc2ncnc3ccsc23)c1. The minimum atomic E-state index is 0.542. The molecule has 0 aliphatic rings. The molecule has 5 nitrogen and oxygen atoms in total. The highest BCUT2D eigenvalue weighted by Gasteiger charge is 2.03. The fourth-order valence-corrected chi connectivity index (χ4v) is 2.67. The fourth-order valence-electron chi connectivity index (χ4n) is 1.86. The Labute approximate surface area is 120 Å². The van der Waals surface area contributed by atoms with Crippen LogP contribution in [0.2, 0.25) is 0 Å². The number of thiophene rings is 1. The predicted octanol–water partition coefficient (Wildman–Crippen LogP) is 2.76. The van der Waals surface area contributed by atoms with Gasteiger partial charge in [0, 0.05) is 11.8 Å². The number of benzene rings is 1. The van der Waals surface area contributed by atoms with Gasteiger partial charge >= 0.3 is 0 Å². The van der Waals surface area contributed by atoms with E-state index >= 15 is 0 Å². The van der Waals surface area contributed by atoms with E-state index < -0.39 is 0 Å². The molecule has 20 heavy (non-hydrogen) atoms. The zero-order valence-corrected chi connectivity index (χ0v) is 11.6. The molecule has 3 N–H and O–H groups in total. The molecule has 3 rings (SSSR count). The monoisotopic (exact) mass is 286 g/mol. The Hall–Kier alpha value is -2.34. The summed E-state index contributed by atoms with van der Waals surface area (Å²) in [5.41, 5.74) is 7.36. The third-order valence-electron chi connectivity index (χ3n) is 2.76. The maximum Gasteiger partial charge on any atom is 0.147 e. The number of ether oxygens (including phenoxy) is 1. The minimum absolute atomic E-state index is 0.542. The van der Waals surface area contributed by atoms with Gasteiger partial charge in [0.2, 0.25) is 0 Å². The lowest BCUT2D eigenvalue weighted by molar-refractivity contribution is 0.333. The quantitative estimate of drug-likeness (QED) is 0.557. The van der Waals surface area contributed by atoms with E-state index in [9.17, 15) is 0 Å². The summed E-state index contributed by atoms with van der Waals surface area (Å²) in [5.74, 6) is 1.62. The molecule has 0 radical (unpaired) electrons. The minimum Gasteiger partial charge on any atom is -0.492 e. The van der Waals surface area contributed by atoms with Gasteiger partial charge < -0.3 is 15.8 Å². The molecule has 3 aromatic rings. The smallest absolute Gasteiger partial charge is 0.147 e. The summed E-state index contributed by atoms with van der Waals surface area (Å²) in [6.07, 6.45) is 1.57. The molecule has 0 unspecified atom stereocenters. The van der Waals surface area contributed by atoms with Crippen LogP contribution in [0.25, 0.3) is 10.2 Å². The third kappa shape index (κ3) is 2.80. The summed E-state index contributed by atoms with van der Waals surface area (Å²) < 4.78 is 6.69. The molecule has 2 heterocycles. The van der Waals surface area contributed by atoms with Gasteiger partial charge in [-0.25, -0.2) is 9.97 Å². The zero-order valence-electron chi connectivity index (χ0n) is 10.7. The average molecular weight is 286 g/mol. The van der Waals surface area contributed by atoms with E-state index in [0.717, 1.165) is 21.8 Å². The van der Waals surface area contributed by atoms with E-state index in [4.69, 9.17) is 10.5 Å². The first kappa shape index (κ1) is 12.7. The van der Waals surface area contributed by atoms with Crippen LogP contribution < -0.4 is 15.8 Å². The van der Waals surface area contributed by atoms with Crippen LogP contribution in [0.3, 0.4) is 0 Å². The lowest BCUT2D eigenvalue weighted by atomic mass is 10.3. The van der Waals surface area contributed by atoms with Crippen LogP contribution in [0.1, 0.15) is 0 Å². The molecule has 0 saturated heterocycles. The first-order valence-electron chi connectivity index (χ1n) is 6.23. The van der Waals surface area contributed by atoms with Gasteiger partial charge in [0.05, 0.1) is 16.8 Å². The number of anilines is 2. The number of nitrogens with two attached hydrogens (primary N) is 1. The highest BCUT2D eigenvalue weighted by molar-refractivity contribution is 7.17. The average Bonchev–Trinajstić information content (AvgIpc) is 2.93. The van der Waals surface area contributed by atoms with E-state index in [2.05, 4.69) is 15.3 Å².